The molecule has 0 bridgehead atoms. The van der Waals surface area contributed by atoms with Crippen LogP contribution in [0.2, 0.25) is 0 Å². The first-order chi connectivity index (χ1) is 12.6. The Bertz CT molecular complexity index is 775. The minimum absolute atomic E-state index is 0.0968. The number of fused-ring (bicyclic) bond motifs is 1. The van der Waals surface area contributed by atoms with Crippen molar-refractivity contribution in [1.82, 2.24) is 29.6 Å². The Hall–Kier alpha value is -2.26. The molecule has 2 aliphatic rings. The minimum Gasteiger partial charge on any atom is -0.467 e. The van der Waals surface area contributed by atoms with Gasteiger partial charge >= 0.3 is 0 Å². The Kier molecular flexibility index (Phi) is 4.73. The number of aromatic nitrogens is 4. The third-order valence-corrected chi connectivity index (χ3v) is 5.11. The van der Waals surface area contributed by atoms with Crippen molar-refractivity contribution in [1.29, 1.82) is 0 Å². The maximum atomic E-state index is 12.5. The molecular formula is C17H24N6O3. The van der Waals surface area contributed by atoms with Gasteiger partial charge in [0.15, 0.2) is 12.3 Å². The Morgan fingerprint density at radius 1 is 1.23 bits per heavy atom. The lowest BCUT2D eigenvalue weighted by Gasteiger charge is -2.41. The maximum absolute atomic E-state index is 12.5. The number of carbonyl (C=O) groups is 1. The van der Waals surface area contributed by atoms with Gasteiger partial charge in [0.1, 0.15) is 6.33 Å². The van der Waals surface area contributed by atoms with Crippen LogP contribution in [0, 0.1) is 0 Å². The highest BCUT2D eigenvalue weighted by Crippen LogP contribution is 2.24. The highest BCUT2D eigenvalue weighted by atomic mass is 16.5. The SMILES string of the molecule is O=C(COc1ccc2nncn2n1)N1CCCC(O)(CN2CCCC2)C1. The Morgan fingerprint density at radius 3 is 2.92 bits per heavy atom. The van der Waals surface area contributed by atoms with Crippen molar-refractivity contribution in [3.05, 3.63) is 18.5 Å². The summed E-state index contributed by atoms with van der Waals surface area (Å²) in [5.41, 5.74) is -0.204. The van der Waals surface area contributed by atoms with Gasteiger partial charge in [-0.2, -0.15) is 4.52 Å². The van der Waals surface area contributed by atoms with E-state index in [4.69, 9.17) is 4.74 Å². The molecule has 0 aromatic carbocycles. The van der Waals surface area contributed by atoms with Crippen LogP contribution in [0.5, 0.6) is 5.88 Å². The van der Waals surface area contributed by atoms with Crippen molar-refractivity contribution in [2.45, 2.75) is 31.3 Å². The monoisotopic (exact) mass is 360 g/mol. The molecule has 1 atom stereocenters. The maximum Gasteiger partial charge on any atom is 0.260 e. The molecule has 0 saturated carbocycles. The van der Waals surface area contributed by atoms with E-state index in [1.165, 1.54) is 23.7 Å². The molecule has 4 rings (SSSR count). The molecule has 1 unspecified atom stereocenters. The van der Waals surface area contributed by atoms with Gasteiger partial charge in [0.05, 0.1) is 12.1 Å². The standard InChI is InChI=1S/C17H24N6O3/c24-16(10-26-15-5-4-14-19-18-13-23(14)20-15)22-9-3-6-17(25,12-22)11-21-7-1-2-8-21/h4-5,13,25H,1-3,6-12H2. The van der Waals surface area contributed by atoms with Gasteiger partial charge in [-0.1, -0.05) is 0 Å². The molecule has 140 valence electrons. The van der Waals surface area contributed by atoms with E-state index in [0.717, 1.165) is 25.9 Å². The lowest BCUT2D eigenvalue weighted by molar-refractivity contribution is -0.141. The summed E-state index contributed by atoms with van der Waals surface area (Å²) in [4.78, 5) is 16.5. The number of likely N-dealkylation sites (tertiary alicyclic amines) is 2. The normalized spacial score (nSPS) is 24.3. The number of β-amino-alcohol motifs (C(OH)–C–C–N with tert-alkyl or cyclic N) is 1. The smallest absolute Gasteiger partial charge is 0.260 e. The van der Waals surface area contributed by atoms with Crippen LogP contribution in [0.3, 0.4) is 0 Å². The molecule has 2 aliphatic heterocycles. The Balaban J connectivity index is 1.33. The zero-order chi connectivity index (χ0) is 18.0. The van der Waals surface area contributed by atoms with Crippen molar-refractivity contribution in [3.8, 4) is 5.88 Å². The number of hydrogen-bond acceptors (Lipinski definition) is 7. The summed E-state index contributed by atoms with van der Waals surface area (Å²) in [5, 5.41) is 22.7. The number of nitrogens with zero attached hydrogens (tertiary/aromatic N) is 6. The summed E-state index contributed by atoms with van der Waals surface area (Å²) in [6.07, 6.45) is 5.40. The summed E-state index contributed by atoms with van der Waals surface area (Å²) < 4.78 is 7.02. The van der Waals surface area contributed by atoms with Crippen LogP contribution in [0.15, 0.2) is 18.5 Å². The van der Waals surface area contributed by atoms with Gasteiger partial charge in [-0.15, -0.1) is 15.3 Å². The van der Waals surface area contributed by atoms with Gasteiger partial charge in [0.2, 0.25) is 5.88 Å². The molecule has 4 heterocycles. The number of ether oxygens (including phenoxy) is 1. The number of aliphatic hydroxyl groups is 1. The molecule has 1 amide bonds. The molecule has 2 aromatic heterocycles. The average molecular weight is 360 g/mol. The Morgan fingerprint density at radius 2 is 2.08 bits per heavy atom. The fourth-order valence-electron chi connectivity index (χ4n) is 3.83. The van der Waals surface area contributed by atoms with Gasteiger partial charge in [0, 0.05) is 19.2 Å². The quantitative estimate of drug-likeness (QED) is 0.799. The number of hydrogen-bond donors (Lipinski definition) is 1. The van der Waals surface area contributed by atoms with Crippen LogP contribution >= 0.6 is 0 Å². The first-order valence-electron chi connectivity index (χ1n) is 9.14. The molecule has 0 spiro atoms. The summed E-state index contributed by atoms with van der Waals surface area (Å²) in [6.45, 7) is 3.64. The Labute approximate surface area is 151 Å². The molecule has 9 heteroatoms. The summed E-state index contributed by atoms with van der Waals surface area (Å²) in [7, 11) is 0. The molecule has 2 saturated heterocycles. The topological polar surface area (TPSA) is 96.1 Å². The lowest BCUT2D eigenvalue weighted by Crippen LogP contribution is -2.56. The second kappa shape index (κ2) is 7.16. The van der Waals surface area contributed by atoms with Gasteiger partial charge in [-0.3, -0.25) is 4.79 Å². The fourth-order valence-corrected chi connectivity index (χ4v) is 3.83. The van der Waals surface area contributed by atoms with Gasteiger partial charge in [0.25, 0.3) is 5.91 Å². The number of piperidine rings is 1. The summed E-state index contributed by atoms with van der Waals surface area (Å²) >= 11 is 0. The van der Waals surface area contributed by atoms with Gasteiger partial charge in [-0.25, -0.2) is 0 Å². The molecule has 1 N–H and O–H groups in total. The average Bonchev–Trinajstić information content (AvgIpc) is 3.30. The third-order valence-electron chi connectivity index (χ3n) is 5.11. The van der Waals surface area contributed by atoms with Crippen LogP contribution in [0.25, 0.3) is 5.65 Å². The van der Waals surface area contributed by atoms with Crippen molar-refractivity contribution < 1.29 is 14.6 Å². The first kappa shape index (κ1) is 17.2. The molecule has 2 fully saturated rings. The molecule has 9 nitrogen and oxygen atoms in total. The zero-order valence-electron chi connectivity index (χ0n) is 14.8. The van der Waals surface area contributed by atoms with Gasteiger partial charge in [-0.05, 0) is 44.8 Å². The molecule has 2 aromatic rings. The van der Waals surface area contributed by atoms with Crippen molar-refractivity contribution >= 4 is 11.6 Å². The van der Waals surface area contributed by atoms with Crippen LogP contribution < -0.4 is 4.74 Å². The summed E-state index contributed by atoms with van der Waals surface area (Å²) in [6, 6.07) is 3.40. The van der Waals surface area contributed by atoms with Crippen molar-refractivity contribution in [2.75, 3.05) is 39.3 Å². The predicted octanol–water partition coefficient (Wildman–Crippen LogP) is -0.0476. The third kappa shape index (κ3) is 3.78. The van der Waals surface area contributed by atoms with E-state index in [2.05, 4.69) is 20.2 Å². The van der Waals surface area contributed by atoms with Crippen LogP contribution in [-0.2, 0) is 4.79 Å². The van der Waals surface area contributed by atoms with Crippen molar-refractivity contribution in [2.24, 2.45) is 0 Å². The summed E-state index contributed by atoms with van der Waals surface area (Å²) in [5.74, 6) is 0.213. The van der Waals surface area contributed by atoms with E-state index >= 15 is 0 Å². The van der Waals surface area contributed by atoms with Crippen molar-refractivity contribution in [3.63, 3.8) is 0 Å². The van der Waals surface area contributed by atoms with E-state index in [-0.39, 0.29) is 12.5 Å². The first-order valence-corrected chi connectivity index (χ1v) is 9.14. The van der Waals surface area contributed by atoms with E-state index in [0.29, 0.717) is 31.2 Å². The van der Waals surface area contributed by atoms with Crippen LogP contribution in [-0.4, -0.2) is 85.6 Å². The molecule has 0 aliphatic carbocycles. The number of amides is 1. The largest absolute Gasteiger partial charge is 0.467 e. The van der Waals surface area contributed by atoms with Gasteiger partial charge < -0.3 is 19.6 Å². The number of carbonyl (C=O) groups excluding carboxylic acids is 1. The highest BCUT2D eigenvalue weighted by molar-refractivity contribution is 5.78. The molecule has 0 radical (unpaired) electrons. The second-order valence-corrected chi connectivity index (χ2v) is 7.22. The minimum atomic E-state index is -0.822. The molecule has 26 heavy (non-hydrogen) atoms. The zero-order valence-corrected chi connectivity index (χ0v) is 14.8. The number of rotatable bonds is 5. The van der Waals surface area contributed by atoms with Crippen LogP contribution in [0.4, 0.5) is 0 Å². The van der Waals surface area contributed by atoms with E-state index in [9.17, 15) is 9.90 Å². The van der Waals surface area contributed by atoms with E-state index in [1.54, 1.807) is 17.0 Å². The molecular weight excluding hydrogens is 336 g/mol. The fraction of sp³-hybridized carbons (Fsp3) is 0.647. The highest BCUT2D eigenvalue weighted by Gasteiger charge is 2.37. The lowest BCUT2D eigenvalue weighted by atomic mass is 9.92. The predicted molar refractivity (Wildman–Crippen MR) is 92.7 cm³/mol. The second-order valence-electron chi connectivity index (χ2n) is 7.22. The van der Waals surface area contributed by atoms with Crippen LogP contribution in [0.1, 0.15) is 25.7 Å². The van der Waals surface area contributed by atoms with E-state index in [1.807, 2.05) is 0 Å². The van der Waals surface area contributed by atoms with E-state index < -0.39 is 5.60 Å².